The first-order chi connectivity index (χ1) is 24.8. The molecule has 286 valence electrons. The lowest BCUT2D eigenvalue weighted by Gasteiger charge is -2.35. The van der Waals surface area contributed by atoms with E-state index in [-0.39, 0.29) is 36.2 Å². The van der Waals surface area contributed by atoms with Crippen LogP contribution in [0.5, 0.6) is 0 Å². The highest BCUT2D eigenvalue weighted by atomic mass is 16.5. The van der Waals surface area contributed by atoms with Crippen molar-refractivity contribution < 1.29 is 43.4 Å². The molecule has 14 nitrogen and oxygen atoms in total. The van der Waals surface area contributed by atoms with Crippen LogP contribution < -0.4 is 21.3 Å². The summed E-state index contributed by atoms with van der Waals surface area (Å²) in [6.45, 7) is 5.55. The van der Waals surface area contributed by atoms with Gasteiger partial charge in [-0.3, -0.25) is 24.0 Å². The van der Waals surface area contributed by atoms with Crippen LogP contribution >= 0.6 is 0 Å². The highest BCUT2D eigenvalue weighted by molar-refractivity contribution is 6.38. The van der Waals surface area contributed by atoms with Gasteiger partial charge in [-0.15, -0.1) is 0 Å². The fourth-order valence-electron chi connectivity index (χ4n) is 7.82. The smallest absolute Gasteiger partial charge is 0.407 e. The van der Waals surface area contributed by atoms with Gasteiger partial charge < -0.3 is 36.0 Å². The fourth-order valence-corrected chi connectivity index (χ4v) is 7.82. The van der Waals surface area contributed by atoms with Gasteiger partial charge in [-0.1, -0.05) is 89.6 Å². The Morgan fingerprint density at radius 3 is 2.21 bits per heavy atom. The molecule has 1 saturated heterocycles. The molecule has 2 aliphatic carbocycles. The summed E-state index contributed by atoms with van der Waals surface area (Å²) in [5, 5.41) is 19.8. The fraction of sp³-hybridized carbons (Fsp3) is 0.658. The summed E-state index contributed by atoms with van der Waals surface area (Å²) in [7, 11) is 0. The Kier molecular flexibility index (Phi) is 14.6. The van der Waals surface area contributed by atoms with Gasteiger partial charge in [0.2, 0.25) is 23.5 Å². The molecule has 3 unspecified atom stereocenters. The zero-order valence-electron chi connectivity index (χ0n) is 30.6. The lowest BCUT2D eigenvalue weighted by molar-refractivity contribution is -0.144. The highest BCUT2D eigenvalue weighted by Crippen LogP contribution is 2.48. The maximum absolute atomic E-state index is 14.5. The molecule has 0 aromatic heterocycles. The molecule has 1 spiro atoms. The molecule has 5 N–H and O–H groups in total. The number of hydrogen-bond donors (Lipinski definition) is 5. The maximum Gasteiger partial charge on any atom is 0.407 e. The van der Waals surface area contributed by atoms with Crippen LogP contribution in [0.2, 0.25) is 0 Å². The van der Waals surface area contributed by atoms with Gasteiger partial charge in [0.1, 0.15) is 12.1 Å². The van der Waals surface area contributed by atoms with E-state index in [0.29, 0.717) is 24.9 Å². The zero-order chi connectivity index (χ0) is 37.8. The van der Waals surface area contributed by atoms with E-state index in [0.717, 1.165) is 57.8 Å². The first-order valence-electron chi connectivity index (χ1n) is 18.8. The summed E-state index contributed by atoms with van der Waals surface area (Å²) in [5.41, 5.74) is 0.0809. The van der Waals surface area contributed by atoms with Crippen LogP contribution in [-0.2, 0) is 33.5 Å². The summed E-state index contributed by atoms with van der Waals surface area (Å²) in [4.78, 5) is 93.7. The van der Waals surface area contributed by atoms with E-state index in [1.54, 1.807) is 42.2 Å². The van der Waals surface area contributed by atoms with E-state index >= 15 is 0 Å². The number of Topliss-reactive ketones (excluding diaryl/α,β-unsaturated/α-hetero) is 1. The third-order valence-electron chi connectivity index (χ3n) is 10.5. The second-order valence-corrected chi connectivity index (χ2v) is 15.1. The Morgan fingerprint density at radius 2 is 1.60 bits per heavy atom. The predicted molar refractivity (Wildman–Crippen MR) is 191 cm³/mol. The van der Waals surface area contributed by atoms with Gasteiger partial charge in [0.05, 0.1) is 19.2 Å². The van der Waals surface area contributed by atoms with Crippen molar-refractivity contribution in [1.29, 1.82) is 0 Å². The number of hydrogen-bond acceptors (Lipinski definition) is 8. The van der Waals surface area contributed by atoms with Crippen LogP contribution in [0.1, 0.15) is 109 Å². The maximum atomic E-state index is 14.5. The number of carbonyl (C=O) groups is 7. The summed E-state index contributed by atoms with van der Waals surface area (Å²) >= 11 is 0. The van der Waals surface area contributed by atoms with E-state index < -0.39 is 66.3 Å². The number of rotatable bonds is 16. The van der Waals surface area contributed by atoms with Crippen LogP contribution in [0.3, 0.4) is 0 Å². The Hall–Kier alpha value is -4.49. The highest BCUT2D eigenvalue weighted by Gasteiger charge is 2.52. The second-order valence-electron chi connectivity index (χ2n) is 15.1. The number of carboxylic acid groups (broad SMARTS) is 1. The molecule has 1 aromatic carbocycles. The third kappa shape index (κ3) is 10.8. The Labute approximate surface area is 305 Å². The number of likely N-dealkylation sites (tertiary alicyclic amines) is 1. The molecule has 0 bridgehead atoms. The molecule has 5 amide bonds. The van der Waals surface area contributed by atoms with Crippen LogP contribution in [0.25, 0.3) is 0 Å². The molecular formula is C38H55N5O9. The molecule has 14 heteroatoms. The van der Waals surface area contributed by atoms with Crippen molar-refractivity contribution in [1.82, 2.24) is 26.2 Å². The van der Waals surface area contributed by atoms with Crippen molar-refractivity contribution in [3.05, 3.63) is 35.9 Å². The summed E-state index contributed by atoms with van der Waals surface area (Å²) in [6.07, 6.45) is 8.44. The Bertz CT molecular complexity index is 1440. The largest absolute Gasteiger partial charge is 0.479 e. The molecule has 4 atom stereocenters. The molecule has 2 saturated carbocycles. The molecule has 1 aromatic rings. The number of alkyl carbamates (subject to hydrolysis) is 1. The lowest BCUT2D eigenvalue weighted by Crippen LogP contribution is -2.58. The Morgan fingerprint density at radius 1 is 0.923 bits per heavy atom. The molecule has 1 heterocycles. The number of carboxylic acids is 1. The lowest BCUT2D eigenvalue weighted by atomic mass is 9.83. The topological polar surface area (TPSA) is 200 Å². The average molecular weight is 726 g/mol. The van der Waals surface area contributed by atoms with Gasteiger partial charge in [-0.2, -0.15) is 0 Å². The van der Waals surface area contributed by atoms with Crippen molar-refractivity contribution in [3.63, 3.8) is 0 Å². The molecule has 3 fully saturated rings. The second kappa shape index (κ2) is 18.8. The summed E-state index contributed by atoms with van der Waals surface area (Å²) < 4.78 is 5.39. The molecule has 1 aliphatic heterocycles. The predicted octanol–water partition coefficient (Wildman–Crippen LogP) is 3.39. The molecular weight excluding hydrogens is 670 g/mol. The minimum atomic E-state index is -1.35. The quantitative estimate of drug-likeness (QED) is 0.159. The SMILES string of the molecule is CCCC(NC(=O)C1CC2(CCCC2)CN1C(=O)C(NC(=O)OCC(C)C)C1CCCCC1)C(=O)C(=O)NCC(=O)N[C@H](C(=O)O)c1ccccc1. The van der Waals surface area contributed by atoms with E-state index in [1.807, 2.05) is 13.8 Å². The molecule has 52 heavy (non-hydrogen) atoms. The van der Waals surface area contributed by atoms with E-state index in [9.17, 15) is 38.7 Å². The average Bonchev–Trinajstić information content (AvgIpc) is 3.77. The van der Waals surface area contributed by atoms with Gasteiger partial charge in [0.25, 0.3) is 5.91 Å². The molecule has 0 radical (unpaired) electrons. The number of amides is 5. The summed E-state index contributed by atoms with van der Waals surface area (Å²) in [5.74, 6) is -5.05. The van der Waals surface area contributed by atoms with E-state index in [1.165, 1.54) is 0 Å². The standard InChI is InChI=1S/C38H55N5O9/c1-4-13-27(32(45)34(47)39-21-29(44)41-31(36(49)50)26-16-9-6-10-17-26)40-33(46)28-20-38(18-11-12-19-38)23-43(28)35(48)30(25-14-7-5-8-15-25)42-37(51)52-22-24(2)3/h6,9-10,16-17,24-25,27-28,30-31H,4-5,7-8,11-15,18-23H2,1-3H3,(H,39,47)(H,40,46)(H,41,44)(H,42,51)(H,49,50)/t27?,28?,30?,31-/m0/s1. The van der Waals surface area contributed by atoms with Gasteiger partial charge in [-0.05, 0) is 61.3 Å². The first kappa shape index (κ1) is 40.3. The molecule has 4 rings (SSSR count). The van der Waals surface area contributed by atoms with Crippen LogP contribution in [0.4, 0.5) is 4.79 Å². The number of nitrogens with zero attached hydrogens (tertiary/aromatic N) is 1. The van der Waals surface area contributed by atoms with Crippen LogP contribution in [-0.4, -0.2) is 89.3 Å². The van der Waals surface area contributed by atoms with Gasteiger partial charge in [-0.25, -0.2) is 9.59 Å². The minimum absolute atomic E-state index is 0.106. The Balaban J connectivity index is 1.45. The third-order valence-corrected chi connectivity index (χ3v) is 10.5. The minimum Gasteiger partial charge on any atom is -0.479 e. The van der Waals surface area contributed by atoms with Gasteiger partial charge in [0.15, 0.2) is 6.04 Å². The number of benzene rings is 1. The summed E-state index contributed by atoms with van der Waals surface area (Å²) in [6, 6.07) is 3.71. The zero-order valence-corrected chi connectivity index (χ0v) is 30.6. The van der Waals surface area contributed by atoms with E-state index in [4.69, 9.17) is 4.74 Å². The van der Waals surface area contributed by atoms with Crippen molar-refractivity contribution in [2.75, 3.05) is 19.7 Å². The van der Waals surface area contributed by atoms with Crippen molar-refractivity contribution in [3.8, 4) is 0 Å². The number of nitrogens with one attached hydrogen (secondary N) is 4. The van der Waals surface area contributed by atoms with Crippen molar-refractivity contribution in [2.45, 2.75) is 122 Å². The monoisotopic (exact) mass is 725 g/mol. The molecule has 3 aliphatic rings. The normalized spacial score (nSPS) is 20.1. The first-order valence-corrected chi connectivity index (χ1v) is 18.8. The number of aliphatic carboxylic acids is 1. The number of carbonyl (C=O) groups excluding carboxylic acids is 6. The van der Waals surface area contributed by atoms with E-state index in [2.05, 4.69) is 21.3 Å². The number of ketones is 1. The number of ether oxygens (including phenoxy) is 1. The van der Waals surface area contributed by atoms with Gasteiger partial charge in [0, 0.05) is 6.54 Å². The van der Waals surface area contributed by atoms with Crippen LogP contribution in [0, 0.1) is 17.3 Å². The van der Waals surface area contributed by atoms with Crippen molar-refractivity contribution >= 4 is 41.5 Å². The van der Waals surface area contributed by atoms with Gasteiger partial charge >= 0.3 is 12.1 Å². The van der Waals surface area contributed by atoms with Crippen molar-refractivity contribution in [2.24, 2.45) is 17.3 Å². The van der Waals surface area contributed by atoms with Crippen LogP contribution in [0.15, 0.2) is 30.3 Å².